The molecule has 0 saturated carbocycles. The van der Waals surface area contributed by atoms with E-state index >= 15 is 0 Å². The molecule has 1 rings (SSSR count). The van der Waals surface area contributed by atoms with Crippen LogP contribution in [0.4, 0.5) is 14.6 Å². The topological polar surface area (TPSA) is 29.0 Å². The maximum atomic E-state index is 12.4. The Labute approximate surface area is 88.3 Å². The highest BCUT2D eigenvalue weighted by atomic mass is 127. The molecule has 1 heterocycles. The smallest absolute Gasteiger partial charge is 0.281 e. The van der Waals surface area contributed by atoms with Gasteiger partial charge in [0.05, 0.1) is 3.57 Å². The molecule has 0 N–H and O–H groups in total. The van der Waals surface area contributed by atoms with E-state index in [1.807, 2.05) is 22.6 Å². The van der Waals surface area contributed by atoms with Crippen molar-refractivity contribution in [2.45, 2.75) is 6.43 Å². The fourth-order valence-corrected chi connectivity index (χ4v) is 1.83. The summed E-state index contributed by atoms with van der Waals surface area (Å²) >= 11 is 1.82. The van der Waals surface area contributed by atoms with Crippen molar-refractivity contribution in [3.05, 3.63) is 15.6 Å². The lowest BCUT2D eigenvalue weighted by Gasteiger charge is -2.14. The minimum Gasteiger partial charge on any atom is -0.362 e. The lowest BCUT2D eigenvalue weighted by Crippen LogP contribution is -2.14. The van der Waals surface area contributed by atoms with Crippen molar-refractivity contribution in [3.8, 4) is 0 Å². The number of alkyl halides is 2. The number of hydrogen-bond acceptors (Lipinski definition) is 3. The Hall–Kier alpha value is -0.530. The summed E-state index contributed by atoms with van der Waals surface area (Å²) in [6.07, 6.45) is -1.40. The second-order valence-corrected chi connectivity index (χ2v) is 3.67. The van der Waals surface area contributed by atoms with Gasteiger partial charge in [-0.15, -0.1) is 0 Å². The lowest BCUT2D eigenvalue weighted by atomic mass is 10.4. The van der Waals surface area contributed by atoms with E-state index in [-0.39, 0.29) is 5.69 Å². The van der Waals surface area contributed by atoms with E-state index in [2.05, 4.69) is 9.97 Å². The molecule has 0 saturated heterocycles. The summed E-state index contributed by atoms with van der Waals surface area (Å²) in [6, 6.07) is 0. The van der Waals surface area contributed by atoms with E-state index in [1.165, 1.54) is 0 Å². The molecule has 72 valence electrons. The number of nitrogens with zero attached hydrogens (tertiary/aromatic N) is 3. The summed E-state index contributed by atoms with van der Waals surface area (Å²) in [6.45, 7) is 0. The fourth-order valence-electron chi connectivity index (χ4n) is 0.838. The molecule has 0 atom stereocenters. The average molecular weight is 299 g/mol. The van der Waals surface area contributed by atoms with E-state index in [1.54, 1.807) is 19.0 Å². The molecular formula is C7H8F2IN3. The predicted molar refractivity (Wildman–Crippen MR) is 54.0 cm³/mol. The van der Waals surface area contributed by atoms with Gasteiger partial charge < -0.3 is 4.90 Å². The summed E-state index contributed by atoms with van der Waals surface area (Å²) in [5, 5.41) is 0. The van der Waals surface area contributed by atoms with E-state index < -0.39 is 6.43 Å². The van der Waals surface area contributed by atoms with Gasteiger partial charge >= 0.3 is 0 Å². The predicted octanol–water partition coefficient (Wildman–Crippen LogP) is 2.08. The van der Waals surface area contributed by atoms with E-state index in [0.29, 0.717) is 9.39 Å². The highest BCUT2D eigenvalue weighted by Crippen LogP contribution is 2.26. The van der Waals surface area contributed by atoms with Crippen LogP contribution in [0.3, 0.4) is 0 Å². The van der Waals surface area contributed by atoms with Crippen molar-refractivity contribution in [2.24, 2.45) is 0 Å². The third-order valence-corrected chi connectivity index (χ3v) is 2.46. The highest BCUT2D eigenvalue weighted by Gasteiger charge is 2.17. The van der Waals surface area contributed by atoms with Crippen LogP contribution in [0.2, 0.25) is 0 Å². The Bertz CT molecular complexity index is 278. The van der Waals surface area contributed by atoms with Gasteiger partial charge in [0.25, 0.3) is 6.43 Å². The van der Waals surface area contributed by atoms with Crippen LogP contribution < -0.4 is 4.90 Å². The molecule has 0 aliphatic heterocycles. The minimum absolute atomic E-state index is 0.209. The summed E-state index contributed by atoms with van der Waals surface area (Å²) in [5.41, 5.74) is -0.209. The quantitative estimate of drug-likeness (QED) is 0.783. The van der Waals surface area contributed by atoms with Crippen LogP contribution in [0.15, 0.2) is 6.33 Å². The van der Waals surface area contributed by atoms with Crippen molar-refractivity contribution in [1.29, 1.82) is 0 Å². The van der Waals surface area contributed by atoms with Crippen LogP contribution in [0, 0.1) is 3.57 Å². The van der Waals surface area contributed by atoms with Gasteiger partial charge in [-0.25, -0.2) is 18.7 Å². The van der Waals surface area contributed by atoms with Crippen molar-refractivity contribution in [3.63, 3.8) is 0 Å². The third-order valence-electron chi connectivity index (χ3n) is 1.43. The Morgan fingerprint density at radius 2 is 2.00 bits per heavy atom. The van der Waals surface area contributed by atoms with E-state index in [9.17, 15) is 8.78 Å². The lowest BCUT2D eigenvalue weighted by molar-refractivity contribution is 0.145. The third kappa shape index (κ3) is 2.23. The average Bonchev–Trinajstić information content (AvgIpc) is 2.03. The summed E-state index contributed by atoms with van der Waals surface area (Å²) < 4.78 is 25.1. The van der Waals surface area contributed by atoms with Gasteiger partial charge in [0, 0.05) is 14.1 Å². The molecule has 0 fully saturated rings. The molecule has 0 spiro atoms. The van der Waals surface area contributed by atoms with Crippen LogP contribution in [0.25, 0.3) is 0 Å². The number of hydrogen-bond donors (Lipinski definition) is 0. The Balaban J connectivity index is 3.18. The van der Waals surface area contributed by atoms with Crippen LogP contribution in [-0.4, -0.2) is 24.1 Å². The van der Waals surface area contributed by atoms with E-state index in [4.69, 9.17) is 0 Å². The van der Waals surface area contributed by atoms with Gasteiger partial charge in [0.15, 0.2) is 0 Å². The van der Waals surface area contributed by atoms with Gasteiger partial charge in [0.1, 0.15) is 17.8 Å². The molecule has 0 radical (unpaired) electrons. The number of rotatable bonds is 2. The molecule has 13 heavy (non-hydrogen) atoms. The van der Waals surface area contributed by atoms with Crippen molar-refractivity contribution >= 4 is 28.4 Å². The summed E-state index contributed by atoms with van der Waals surface area (Å²) in [7, 11) is 3.50. The first kappa shape index (κ1) is 10.6. The second-order valence-electron chi connectivity index (χ2n) is 2.59. The van der Waals surface area contributed by atoms with Crippen molar-refractivity contribution in [1.82, 2.24) is 9.97 Å². The Morgan fingerprint density at radius 3 is 2.46 bits per heavy atom. The highest BCUT2D eigenvalue weighted by molar-refractivity contribution is 14.1. The zero-order chi connectivity index (χ0) is 10.0. The first-order chi connectivity index (χ1) is 6.04. The molecule has 0 amide bonds. The molecule has 0 aliphatic rings. The van der Waals surface area contributed by atoms with Crippen molar-refractivity contribution < 1.29 is 8.78 Å². The molecule has 0 unspecified atom stereocenters. The Morgan fingerprint density at radius 1 is 1.38 bits per heavy atom. The standard InChI is InChI=1S/C7H8F2IN3/c1-13(2)7-4(10)5(6(8)9)11-3-12-7/h3,6H,1-2H3. The van der Waals surface area contributed by atoms with E-state index in [0.717, 1.165) is 6.33 Å². The summed E-state index contributed by atoms with van der Waals surface area (Å²) in [5.74, 6) is 0.519. The first-order valence-corrected chi connectivity index (χ1v) is 4.57. The zero-order valence-electron chi connectivity index (χ0n) is 7.13. The normalized spacial score (nSPS) is 10.6. The van der Waals surface area contributed by atoms with Gasteiger partial charge in [-0.3, -0.25) is 0 Å². The molecule has 6 heteroatoms. The van der Waals surface area contributed by atoms with Crippen LogP contribution in [0.1, 0.15) is 12.1 Å². The second kappa shape index (κ2) is 4.12. The van der Waals surface area contributed by atoms with Gasteiger partial charge in [0.2, 0.25) is 0 Å². The fraction of sp³-hybridized carbons (Fsp3) is 0.429. The molecule has 0 bridgehead atoms. The minimum atomic E-state index is -2.55. The largest absolute Gasteiger partial charge is 0.362 e. The molecular weight excluding hydrogens is 291 g/mol. The number of anilines is 1. The van der Waals surface area contributed by atoms with Crippen LogP contribution in [0.5, 0.6) is 0 Å². The molecule has 0 aliphatic carbocycles. The SMILES string of the molecule is CN(C)c1ncnc(C(F)F)c1I. The molecule has 0 aromatic carbocycles. The first-order valence-electron chi connectivity index (χ1n) is 3.50. The summed E-state index contributed by atoms with van der Waals surface area (Å²) in [4.78, 5) is 9.10. The van der Waals surface area contributed by atoms with Gasteiger partial charge in [-0.1, -0.05) is 0 Å². The maximum absolute atomic E-state index is 12.4. The van der Waals surface area contributed by atoms with Crippen LogP contribution >= 0.6 is 22.6 Å². The van der Waals surface area contributed by atoms with Crippen LogP contribution in [-0.2, 0) is 0 Å². The zero-order valence-corrected chi connectivity index (χ0v) is 9.29. The monoisotopic (exact) mass is 299 g/mol. The van der Waals surface area contributed by atoms with Crippen molar-refractivity contribution in [2.75, 3.05) is 19.0 Å². The Kier molecular flexibility index (Phi) is 3.34. The molecule has 1 aromatic rings. The number of aromatic nitrogens is 2. The maximum Gasteiger partial charge on any atom is 0.281 e. The number of halogens is 3. The van der Waals surface area contributed by atoms with Gasteiger partial charge in [-0.2, -0.15) is 0 Å². The molecule has 1 aromatic heterocycles. The van der Waals surface area contributed by atoms with Gasteiger partial charge in [-0.05, 0) is 22.6 Å². The molecule has 3 nitrogen and oxygen atoms in total.